The van der Waals surface area contributed by atoms with Crippen molar-refractivity contribution >= 4 is 17.7 Å². The van der Waals surface area contributed by atoms with Crippen LogP contribution in [0.1, 0.15) is 53.6 Å². The van der Waals surface area contributed by atoms with Gasteiger partial charge in [0.25, 0.3) is 5.91 Å². The molecule has 7 heteroatoms. The summed E-state index contributed by atoms with van der Waals surface area (Å²) in [6, 6.07) is 6.14. The Balaban J connectivity index is 1.44. The van der Waals surface area contributed by atoms with E-state index in [1.54, 1.807) is 4.90 Å². The van der Waals surface area contributed by atoms with Gasteiger partial charge in [0.2, 0.25) is 11.8 Å². The molecule has 2 unspecified atom stereocenters. The van der Waals surface area contributed by atoms with E-state index in [9.17, 15) is 14.4 Å². The van der Waals surface area contributed by atoms with E-state index in [1.807, 2.05) is 19.2 Å². The average Bonchev–Trinajstić information content (AvgIpc) is 2.85. The normalized spacial score (nSPS) is 26.2. The van der Waals surface area contributed by atoms with Gasteiger partial charge in [-0.25, -0.2) is 0 Å². The molecule has 0 saturated carbocycles. The fourth-order valence-electron chi connectivity index (χ4n) is 4.56. The molecule has 2 atom stereocenters. The maximum absolute atomic E-state index is 12.9. The second-order valence-electron chi connectivity index (χ2n) is 8.08. The molecular weight excluding hydrogens is 356 g/mol. The number of likely N-dealkylation sites (tertiary alicyclic amines) is 1. The van der Waals surface area contributed by atoms with Gasteiger partial charge in [-0.15, -0.1) is 0 Å². The zero-order chi connectivity index (χ0) is 19.7. The van der Waals surface area contributed by atoms with Crippen LogP contribution in [-0.4, -0.2) is 59.7 Å². The summed E-state index contributed by atoms with van der Waals surface area (Å²) in [5.41, 5.74) is 2.80. The topological polar surface area (TPSA) is 81.8 Å². The molecule has 3 aliphatic heterocycles. The van der Waals surface area contributed by atoms with Crippen LogP contribution in [0.2, 0.25) is 0 Å². The van der Waals surface area contributed by atoms with E-state index in [0.717, 1.165) is 37.2 Å². The Hall–Kier alpha value is -2.25. The Bertz CT molecular complexity index is 794. The van der Waals surface area contributed by atoms with E-state index in [1.165, 1.54) is 12.8 Å². The molecule has 0 bridgehead atoms. The largest absolute Gasteiger partial charge is 0.322 e. The smallest absolute Gasteiger partial charge is 0.255 e. The minimum absolute atomic E-state index is 0.0996. The van der Waals surface area contributed by atoms with E-state index >= 15 is 0 Å². The van der Waals surface area contributed by atoms with Crippen LogP contribution in [0, 0.1) is 0 Å². The van der Waals surface area contributed by atoms with Gasteiger partial charge in [0.15, 0.2) is 0 Å². The summed E-state index contributed by atoms with van der Waals surface area (Å²) in [7, 11) is 2.03. The summed E-state index contributed by atoms with van der Waals surface area (Å²) in [5, 5.41) is 5.73. The number of nitrogens with zero attached hydrogens (tertiary/aromatic N) is 2. The summed E-state index contributed by atoms with van der Waals surface area (Å²) >= 11 is 0. The number of benzene rings is 1. The first-order valence-electron chi connectivity index (χ1n) is 10.2. The van der Waals surface area contributed by atoms with Gasteiger partial charge in [0.05, 0.1) is 0 Å². The maximum Gasteiger partial charge on any atom is 0.255 e. The zero-order valence-corrected chi connectivity index (χ0v) is 16.4. The molecule has 7 nitrogen and oxygen atoms in total. The second kappa shape index (κ2) is 8.01. The number of fused-ring (bicyclic) bond motifs is 1. The molecule has 2 fully saturated rings. The van der Waals surface area contributed by atoms with Gasteiger partial charge in [-0.2, -0.15) is 0 Å². The third kappa shape index (κ3) is 3.82. The minimum atomic E-state index is -0.551. The lowest BCUT2D eigenvalue weighted by molar-refractivity contribution is -0.136. The molecule has 1 aromatic rings. The second-order valence-corrected chi connectivity index (χ2v) is 8.08. The van der Waals surface area contributed by atoms with Crippen molar-refractivity contribution in [3.8, 4) is 0 Å². The molecule has 3 amide bonds. The molecule has 1 aromatic carbocycles. The number of hydrogen-bond donors (Lipinski definition) is 2. The summed E-state index contributed by atoms with van der Waals surface area (Å²) in [5.74, 6) is -0.718. The Morgan fingerprint density at radius 2 is 2.00 bits per heavy atom. The highest BCUT2D eigenvalue weighted by Crippen LogP contribution is 2.28. The number of carbonyl (C=O) groups excluding carboxylic acids is 3. The van der Waals surface area contributed by atoms with E-state index in [-0.39, 0.29) is 24.1 Å². The predicted molar refractivity (Wildman–Crippen MR) is 104 cm³/mol. The SMILES string of the molecule is CNC1CCCN(Cc2ccc3c(c2)C(=O)N(C2CCC(=O)NC2=O)C3)CC1. The Morgan fingerprint density at radius 3 is 2.79 bits per heavy atom. The minimum Gasteiger partial charge on any atom is -0.322 e. The number of carbonyl (C=O) groups is 3. The molecule has 3 aliphatic rings. The monoisotopic (exact) mass is 384 g/mol. The van der Waals surface area contributed by atoms with Crippen LogP contribution in [0.15, 0.2) is 18.2 Å². The molecule has 0 radical (unpaired) electrons. The van der Waals surface area contributed by atoms with E-state index < -0.39 is 6.04 Å². The lowest BCUT2D eigenvalue weighted by Gasteiger charge is -2.29. The lowest BCUT2D eigenvalue weighted by Crippen LogP contribution is -2.52. The van der Waals surface area contributed by atoms with Gasteiger partial charge in [0, 0.05) is 31.1 Å². The van der Waals surface area contributed by atoms with Crippen LogP contribution >= 0.6 is 0 Å². The third-order valence-electron chi connectivity index (χ3n) is 6.23. The van der Waals surface area contributed by atoms with Crippen LogP contribution in [-0.2, 0) is 22.7 Å². The van der Waals surface area contributed by atoms with Crippen molar-refractivity contribution in [2.45, 2.75) is 57.3 Å². The highest BCUT2D eigenvalue weighted by Gasteiger charge is 2.39. The lowest BCUT2D eigenvalue weighted by atomic mass is 10.0. The molecule has 2 saturated heterocycles. The molecule has 0 aromatic heterocycles. The number of hydrogen-bond acceptors (Lipinski definition) is 5. The van der Waals surface area contributed by atoms with Gasteiger partial charge >= 0.3 is 0 Å². The maximum atomic E-state index is 12.9. The molecule has 0 aliphatic carbocycles. The van der Waals surface area contributed by atoms with Crippen molar-refractivity contribution in [2.75, 3.05) is 20.1 Å². The zero-order valence-electron chi connectivity index (χ0n) is 16.4. The number of nitrogens with one attached hydrogen (secondary N) is 2. The molecule has 4 rings (SSSR count). The van der Waals surface area contributed by atoms with Crippen LogP contribution in [0.5, 0.6) is 0 Å². The Labute approximate surface area is 165 Å². The van der Waals surface area contributed by atoms with Gasteiger partial charge in [-0.3, -0.25) is 24.6 Å². The summed E-state index contributed by atoms with van der Waals surface area (Å²) in [6.07, 6.45) is 4.21. The quantitative estimate of drug-likeness (QED) is 0.758. The summed E-state index contributed by atoms with van der Waals surface area (Å²) < 4.78 is 0. The first-order valence-corrected chi connectivity index (χ1v) is 10.2. The molecular formula is C21H28N4O3. The number of imide groups is 1. The van der Waals surface area contributed by atoms with Crippen LogP contribution in [0.3, 0.4) is 0 Å². The van der Waals surface area contributed by atoms with Crippen molar-refractivity contribution in [3.63, 3.8) is 0 Å². The Morgan fingerprint density at radius 1 is 1.14 bits per heavy atom. The standard InChI is InChI=1S/C21H28N4O3/c1-22-16-3-2-9-24(10-8-16)12-14-4-5-15-13-25(21(28)17(15)11-14)18-6-7-19(26)23-20(18)27/h4-5,11,16,18,22H,2-3,6-10,12-13H2,1H3,(H,23,26,27). The molecule has 0 spiro atoms. The number of amides is 3. The highest BCUT2D eigenvalue weighted by molar-refractivity contribution is 6.05. The van der Waals surface area contributed by atoms with Crippen LogP contribution in [0.4, 0.5) is 0 Å². The third-order valence-corrected chi connectivity index (χ3v) is 6.23. The first kappa shape index (κ1) is 19.1. The average molecular weight is 384 g/mol. The van der Waals surface area contributed by atoms with Gasteiger partial charge < -0.3 is 10.2 Å². The van der Waals surface area contributed by atoms with Crippen LogP contribution in [0.25, 0.3) is 0 Å². The van der Waals surface area contributed by atoms with Crippen LogP contribution < -0.4 is 10.6 Å². The fraction of sp³-hybridized carbons (Fsp3) is 0.571. The van der Waals surface area contributed by atoms with Crippen molar-refractivity contribution in [3.05, 3.63) is 34.9 Å². The van der Waals surface area contributed by atoms with Crippen molar-refractivity contribution in [1.82, 2.24) is 20.4 Å². The van der Waals surface area contributed by atoms with Crippen molar-refractivity contribution < 1.29 is 14.4 Å². The number of piperidine rings is 1. The highest BCUT2D eigenvalue weighted by atomic mass is 16.2. The summed E-state index contributed by atoms with van der Waals surface area (Å²) in [6.45, 7) is 3.41. The van der Waals surface area contributed by atoms with E-state index in [2.05, 4.69) is 21.6 Å². The van der Waals surface area contributed by atoms with Gasteiger partial charge in [-0.1, -0.05) is 12.1 Å². The van der Waals surface area contributed by atoms with E-state index in [4.69, 9.17) is 0 Å². The van der Waals surface area contributed by atoms with Crippen molar-refractivity contribution in [2.24, 2.45) is 0 Å². The Kier molecular flexibility index (Phi) is 5.46. The molecule has 28 heavy (non-hydrogen) atoms. The van der Waals surface area contributed by atoms with Crippen molar-refractivity contribution in [1.29, 1.82) is 0 Å². The van der Waals surface area contributed by atoms with Gasteiger partial charge in [0.1, 0.15) is 6.04 Å². The van der Waals surface area contributed by atoms with Gasteiger partial charge in [-0.05, 0) is 63.0 Å². The molecule has 150 valence electrons. The fourth-order valence-corrected chi connectivity index (χ4v) is 4.56. The number of rotatable bonds is 4. The molecule has 2 N–H and O–H groups in total. The first-order chi connectivity index (χ1) is 13.5. The summed E-state index contributed by atoms with van der Waals surface area (Å²) in [4.78, 5) is 40.6. The molecule has 3 heterocycles. The predicted octanol–water partition coefficient (Wildman–Crippen LogP) is 1.02. The van der Waals surface area contributed by atoms with E-state index in [0.29, 0.717) is 24.6 Å².